The SMILES string of the molecule is COC[C@H]1O[C@@H](O[C@H]2OC[C@@H]3O[C@]4(O[C@H]3[C@H]2OC(=O)C(C)C)O[C@H](C)[C@@](O)(C(C)O)[C@@H]2OCO[C@H]24)[C@@H](OC)[C@@H](O)[C@@H]1O[C@@H]1O[C@H](C)[C@H](OC)[C@H](O[C@H]2C[C@@]3(C)OC4(C[C@@H](O)[C@H](O[C@H]5C[C@@H](O)[C@H](OC(=O)c6c(C)c(Cl)c(O)c(Cl)c6OC)[C@@H](C)O5)[C@@H](C)O4)O[C@@H]3[C@@H](C)O2)[C@H]1O. The number of aliphatic hydroxyl groups excluding tert-OH is 5. The molecular weight excluding hydrogens is 1320 g/mol. The van der Waals surface area contributed by atoms with Crippen molar-refractivity contribution in [1.82, 2.24) is 0 Å². The van der Waals surface area contributed by atoms with Crippen molar-refractivity contribution in [3.05, 3.63) is 21.2 Å². The number of aromatic hydroxyl groups is 1. The van der Waals surface area contributed by atoms with Crippen LogP contribution >= 0.6 is 23.2 Å². The van der Waals surface area contributed by atoms with Crippen molar-refractivity contribution in [1.29, 1.82) is 0 Å². The van der Waals surface area contributed by atoms with Gasteiger partial charge in [0.2, 0.25) is 6.29 Å². The summed E-state index contributed by atoms with van der Waals surface area (Å²) in [4.78, 5) is 27.0. The minimum Gasteiger partial charge on any atom is -0.505 e. The van der Waals surface area contributed by atoms with Gasteiger partial charge in [-0.15, -0.1) is 0 Å². The molecule has 32 nitrogen and oxygen atoms in total. The molecule has 0 bridgehead atoms. The van der Waals surface area contributed by atoms with E-state index >= 15 is 0 Å². The zero-order valence-corrected chi connectivity index (χ0v) is 56.6. The number of esters is 2. The smallest absolute Gasteiger partial charge is 0.342 e. The number of hydrogen-bond acceptors (Lipinski definition) is 32. The Morgan fingerprint density at radius 1 is 0.653 bits per heavy atom. The summed E-state index contributed by atoms with van der Waals surface area (Å²) in [5, 5.41) is 79.9. The molecule has 0 aromatic heterocycles. The summed E-state index contributed by atoms with van der Waals surface area (Å²) in [6.07, 6.45) is -33.7. The van der Waals surface area contributed by atoms with E-state index in [1.54, 1.807) is 48.5 Å². The van der Waals surface area contributed by atoms with Crippen molar-refractivity contribution in [2.45, 2.75) is 283 Å². The Kier molecular flexibility index (Phi) is 22.1. The Labute approximate surface area is 558 Å². The van der Waals surface area contributed by atoms with Crippen LogP contribution in [0.5, 0.6) is 11.5 Å². The van der Waals surface area contributed by atoms with Crippen LogP contribution in [-0.4, -0.2) is 291 Å². The predicted octanol–water partition coefficient (Wildman–Crippen LogP) is 0.844. The van der Waals surface area contributed by atoms with Crippen molar-refractivity contribution in [2.24, 2.45) is 5.92 Å². The van der Waals surface area contributed by atoms with Crippen LogP contribution in [0.4, 0.5) is 0 Å². The molecule has 10 aliphatic rings. The van der Waals surface area contributed by atoms with Crippen molar-refractivity contribution in [3.8, 4) is 11.5 Å². The highest BCUT2D eigenvalue weighted by atomic mass is 35.5. The van der Waals surface area contributed by atoms with Gasteiger partial charge in [0.1, 0.15) is 102 Å². The number of rotatable bonds is 18. The Hall–Kier alpha value is -2.70. The fraction of sp³-hybridized carbons (Fsp3) is 0.869. The molecule has 0 aliphatic carbocycles. The maximum Gasteiger partial charge on any atom is 0.342 e. The minimum absolute atomic E-state index is 0.00581. The molecule has 32 atom stereocenters. The number of phenols is 1. The van der Waals surface area contributed by atoms with Gasteiger partial charge in [0, 0.05) is 34.2 Å². The minimum atomic E-state index is -2.03. The van der Waals surface area contributed by atoms with E-state index in [0.717, 1.165) is 0 Å². The van der Waals surface area contributed by atoms with E-state index in [-0.39, 0.29) is 66.2 Å². The number of halogens is 2. The Balaban J connectivity index is 0.722. The fourth-order valence-corrected chi connectivity index (χ4v) is 15.2. The van der Waals surface area contributed by atoms with Crippen LogP contribution in [0.15, 0.2) is 0 Å². The molecule has 11 rings (SSSR count). The van der Waals surface area contributed by atoms with E-state index in [2.05, 4.69) is 0 Å². The standard InChI is InChI=1S/C61H90Cl2O32/c1-21(2)53(70)87-49-45-32(92-61(93-45)52-51(78-20-79-52)60(72,27(8)64)28(9)91-61)19-77-56(49)89-57-48(76-14)39(68)44(31(83-57)18-73-11)88-55-40(69)47(43(74-12)24(5)82-55)85-34-17-58(10)50(26(7)81-34)94-59(95-58)16-30(66)42(25(6)90-59)84-33-15-29(65)41(23(4)80-33)86-54(71)35-22(3)36(62)38(67)37(63)46(35)75-13/h21,23-34,39-45,47-52,55-57,64-69,72H,15-20H2,1-14H3/t23-,24-,25-,26-,27?,28-,29-,30-,31-,32+,33+,34+,39+,40-,41-,42-,43+,44-,45-,47-,48+,49-,50-,51-,52-,55+,56-,57+,58-,59?,60+,61-/m1/s1. The number of ether oxygens (including phenoxy) is 23. The highest BCUT2D eigenvalue weighted by molar-refractivity contribution is 6.39. The third-order valence-corrected chi connectivity index (χ3v) is 20.4. The third kappa shape index (κ3) is 13.5. The van der Waals surface area contributed by atoms with Gasteiger partial charge >= 0.3 is 17.9 Å². The normalized spacial score (nSPS) is 47.7. The van der Waals surface area contributed by atoms with E-state index < -0.39 is 219 Å². The van der Waals surface area contributed by atoms with Crippen LogP contribution in [0.2, 0.25) is 10.0 Å². The summed E-state index contributed by atoms with van der Waals surface area (Å²) < 4.78 is 142. The molecule has 2 spiro atoms. The van der Waals surface area contributed by atoms with Gasteiger partial charge in [-0.2, -0.15) is 0 Å². The molecule has 10 aliphatic heterocycles. The molecule has 95 heavy (non-hydrogen) atoms. The number of aliphatic hydroxyl groups is 6. The number of benzene rings is 1. The molecule has 7 N–H and O–H groups in total. The number of carbonyl (C=O) groups is 2. The maximum atomic E-state index is 13.6. The van der Waals surface area contributed by atoms with Crippen molar-refractivity contribution in [3.63, 3.8) is 0 Å². The van der Waals surface area contributed by atoms with Gasteiger partial charge in [0.05, 0.1) is 86.5 Å². The number of methoxy groups -OCH3 is 4. The highest BCUT2D eigenvalue weighted by Crippen LogP contribution is 2.53. The second-order valence-corrected chi connectivity index (χ2v) is 27.2. The second-order valence-electron chi connectivity index (χ2n) is 26.4. The summed E-state index contributed by atoms with van der Waals surface area (Å²) >= 11 is 12.5. The fourth-order valence-electron chi connectivity index (χ4n) is 14.7. The third-order valence-electron chi connectivity index (χ3n) is 19.5. The summed E-state index contributed by atoms with van der Waals surface area (Å²) in [7, 11) is 5.37. The monoisotopic (exact) mass is 1400 g/mol. The number of fused-ring (bicyclic) bond motifs is 4. The lowest BCUT2D eigenvalue weighted by Gasteiger charge is -2.51. The molecule has 0 amide bonds. The molecule has 10 fully saturated rings. The summed E-state index contributed by atoms with van der Waals surface area (Å²) in [6.45, 7) is 15.4. The van der Waals surface area contributed by atoms with E-state index in [1.807, 2.05) is 0 Å². The van der Waals surface area contributed by atoms with Gasteiger partial charge in [-0.25, -0.2) is 4.79 Å². The molecule has 1 aromatic carbocycles. The average molecular weight is 1410 g/mol. The van der Waals surface area contributed by atoms with Crippen LogP contribution in [0.1, 0.15) is 97.5 Å². The molecule has 10 saturated heterocycles. The molecule has 2 unspecified atom stereocenters. The number of hydrogen-bond donors (Lipinski definition) is 7. The second kappa shape index (κ2) is 28.6. The topological polar surface area (TPSA) is 388 Å². The molecule has 0 saturated carbocycles. The van der Waals surface area contributed by atoms with Crippen LogP contribution in [0.25, 0.3) is 0 Å². The van der Waals surface area contributed by atoms with E-state index in [4.69, 9.17) is 132 Å². The summed E-state index contributed by atoms with van der Waals surface area (Å²) in [5.74, 6) is -6.71. The highest BCUT2D eigenvalue weighted by Gasteiger charge is 2.73. The molecule has 10 heterocycles. The molecule has 0 radical (unpaired) electrons. The van der Waals surface area contributed by atoms with Crippen LogP contribution in [-0.2, 0) is 109 Å². The molecule has 1 aromatic rings. The van der Waals surface area contributed by atoms with Gasteiger partial charge in [-0.3, -0.25) is 4.79 Å². The van der Waals surface area contributed by atoms with Crippen molar-refractivity contribution in [2.75, 3.05) is 48.4 Å². The van der Waals surface area contributed by atoms with Gasteiger partial charge < -0.3 is 145 Å². The Morgan fingerprint density at radius 2 is 1.34 bits per heavy atom. The average Bonchev–Trinajstić information content (AvgIpc) is 1.59. The Morgan fingerprint density at radius 3 is 1.99 bits per heavy atom. The van der Waals surface area contributed by atoms with Gasteiger partial charge in [0.15, 0.2) is 55.0 Å². The van der Waals surface area contributed by atoms with Gasteiger partial charge in [-0.05, 0) is 61.0 Å². The van der Waals surface area contributed by atoms with Gasteiger partial charge in [-0.1, -0.05) is 37.0 Å². The first-order chi connectivity index (χ1) is 44.9. The maximum absolute atomic E-state index is 13.6. The zero-order valence-electron chi connectivity index (χ0n) is 55.1. The quantitative estimate of drug-likeness (QED) is 0.100. The van der Waals surface area contributed by atoms with Crippen LogP contribution in [0, 0.1) is 12.8 Å². The lowest BCUT2D eigenvalue weighted by atomic mass is 9.80. The predicted molar refractivity (Wildman–Crippen MR) is 314 cm³/mol. The van der Waals surface area contributed by atoms with E-state index in [1.165, 1.54) is 49.2 Å². The molecule has 540 valence electrons. The lowest BCUT2D eigenvalue weighted by molar-refractivity contribution is -0.439. The molecule has 34 heteroatoms. The Bertz CT molecular complexity index is 2840. The zero-order chi connectivity index (χ0) is 68.9. The first-order valence-corrected chi connectivity index (χ1v) is 32.6. The molecular formula is C61H90Cl2O32. The largest absolute Gasteiger partial charge is 0.505 e. The van der Waals surface area contributed by atoms with Crippen LogP contribution < -0.4 is 4.74 Å². The van der Waals surface area contributed by atoms with Crippen molar-refractivity contribution >= 4 is 35.1 Å². The lowest BCUT2D eigenvalue weighted by Crippen LogP contribution is -2.72. The first-order valence-electron chi connectivity index (χ1n) is 31.9. The first kappa shape index (κ1) is 73.5. The number of phenolic OH excluding ortho intramolecular Hbond substituents is 1. The van der Waals surface area contributed by atoms with Crippen LogP contribution in [0.3, 0.4) is 0 Å². The van der Waals surface area contributed by atoms with Crippen molar-refractivity contribution < 1.29 is 154 Å². The summed E-state index contributed by atoms with van der Waals surface area (Å²) in [5.41, 5.74) is -3.14. The summed E-state index contributed by atoms with van der Waals surface area (Å²) in [6, 6.07) is 0. The van der Waals surface area contributed by atoms with Gasteiger partial charge in [0.25, 0.3) is 5.97 Å². The van der Waals surface area contributed by atoms with E-state index in [9.17, 15) is 45.3 Å². The van der Waals surface area contributed by atoms with E-state index in [0.29, 0.717) is 0 Å². The number of carbonyl (C=O) groups excluding carboxylic acids is 2.